The second-order valence-electron chi connectivity index (χ2n) is 3.94. The predicted molar refractivity (Wildman–Crippen MR) is 60.4 cm³/mol. The van der Waals surface area contributed by atoms with Gasteiger partial charge < -0.3 is 10.1 Å². The number of rotatable bonds is 3. The molecule has 0 saturated heterocycles. The number of H-pyrrole nitrogens is 1. The Hall–Kier alpha value is -1.62. The van der Waals surface area contributed by atoms with E-state index in [9.17, 15) is 4.79 Å². The zero-order valence-corrected chi connectivity index (χ0v) is 9.20. The van der Waals surface area contributed by atoms with Crippen molar-refractivity contribution in [1.29, 1.82) is 0 Å². The van der Waals surface area contributed by atoms with Crippen LogP contribution in [0.1, 0.15) is 17.3 Å². The molecule has 16 heavy (non-hydrogen) atoms. The molecule has 4 nitrogen and oxygen atoms in total. The molecule has 2 aromatic rings. The van der Waals surface area contributed by atoms with Crippen LogP contribution >= 0.6 is 11.3 Å². The summed E-state index contributed by atoms with van der Waals surface area (Å²) < 4.78 is 0. The summed E-state index contributed by atoms with van der Waals surface area (Å²) in [4.78, 5) is 18.3. The van der Waals surface area contributed by atoms with E-state index in [0.29, 0.717) is 0 Å². The van der Waals surface area contributed by atoms with Gasteiger partial charge in [-0.15, -0.1) is 11.3 Å². The first-order valence-electron chi connectivity index (χ1n) is 5.07. The molecule has 0 spiro atoms. The molecule has 0 aromatic carbocycles. The fraction of sp³-hybridized carbons (Fsp3) is 0.273. The van der Waals surface area contributed by atoms with Gasteiger partial charge in [-0.05, 0) is 18.6 Å². The van der Waals surface area contributed by atoms with Gasteiger partial charge in [0.2, 0.25) is 0 Å². The second kappa shape index (κ2) is 3.45. The molecule has 82 valence electrons. The van der Waals surface area contributed by atoms with Crippen LogP contribution in [0.3, 0.4) is 0 Å². The van der Waals surface area contributed by atoms with Crippen molar-refractivity contribution in [2.24, 2.45) is 5.92 Å². The van der Waals surface area contributed by atoms with E-state index in [1.54, 1.807) is 11.3 Å². The minimum atomic E-state index is -0.707. The largest absolute Gasteiger partial charge is 0.481 e. The van der Waals surface area contributed by atoms with Gasteiger partial charge in [-0.3, -0.25) is 4.79 Å². The van der Waals surface area contributed by atoms with Crippen LogP contribution in [0.15, 0.2) is 23.7 Å². The van der Waals surface area contributed by atoms with Gasteiger partial charge in [-0.25, -0.2) is 4.98 Å². The van der Waals surface area contributed by atoms with Crippen molar-refractivity contribution >= 4 is 17.3 Å². The summed E-state index contributed by atoms with van der Waals surface area (Å²) in [5.74, 6) is -0.796. The van der Waals surface area contributed by atoms with Gasteiger partial charge in [-0.1, -0.05) is 0 Å². The van der Waals surface area contributed by atoms with E-state index in [2.05, 4.69) is 9.97 Å². The molecule has 3 rings (SSSR count). The second-order valence-corrected chi connectivity index (χ2v) is 4.83. The lowest BCUT2D eigenvalue weighted by Crippen LogP contribution is -1.98. The third-order valence-corrected chi connectivity index (χ3v) is 3.80. The number of aromatic nitrogens is 2. The average molecular weight is 234 g/mol. The lowest BCUT2D eigenvalue weighted by Gasteiger charge is -1.91. The van der Waals surface area contributed by atoms with Crippen molar-refractivity contribution in [3.8, 4) is 11.4 Å². The van der Waals surface area contributed by atoms with E-state index >= 15 is 0 Å². The van der Waals surface area contributed by atoms with Crippen LogP contribution in [-0.2, 0) is 4.79 Å². The maximum Gasteiger partial charge on any atom is 0.307 e. The third-order valence-electron chi connectivity index (χ3n) is 2.82. The first kappa shape index (κ1) is 9.59. The van der Waals surface area contributed by atoms with Gasteiger partial charge in [0.05, 0.1) is 22.3 Å². The standard InChI is InChI=1S/C11H10N2O2S/c14-11(15)7-4-6(7)10-13-9(5-16-10)8-2-1-3-12-8/h1-3,5-7,12H,4H2,(H,14,15). The number of carboxylic acid groups (broad SMARTS) is 1. The monoisotopic (exact) mass is 234 g/mol. The van der Waals surface area contributed by atoms with Crippen LogP contribution in [0.25, 0.3) is 11.4 Å². The molecule has 1 aliphatic carbocycles. The molecule has 2 unspecified atom stereocenters. The van der Waals surface area contributed by atoms with Gasteiger partial charge in [-0.2, -0.15) is 0 Å². The Morgan fingerprint density at radius 1 is 1.62 bits per heavy atom. The highest BCUT2D eigenvalue weighted by Crippen LogP contribution is 2.48. The Morgan fingerprint density at radius 2 is 2.50 bits per heavy atom. The number of hydrogen-bond acceptors (Lipinski definition) is 3. The Morgan fingerprint density at radius 3 is 3.12 bits per heavy atom. The number of carboxylic acids is 1. The number of nitrogens with zero attached hydrogens (tertiary/aromatic N) is 1. The van der Waals surface area contributed by atoms with Gasteiger partial charge in [0.1, 0.15) is 0 Å². The molecule has 2 aromatic heterocycles. The summed E-state index contributed by atoms with van der Waals surface area (Å²) in [5.41, 5.74) is 1.89. The molecule has 2 heterocycles. The minimum absolute atomic E-state index is 0.131. The minimum Gasteiger partial charge on any atom is -0.481 e. The molecule has 2 N–H and O–H groups in total. The quantitative estimate of drug-likeness (QED) is 0.856. The fourth-order valence-electron chi connectivity index (χ4n) is 1.81. The zero-order valence-electron chi connectivity index (χ0n) is 8.38. The molecule has 0 aliphatic heterocycles. The maximum atomic E-state index is 10.8. The van der Waals surface area contributed by atoms with E-state index in [-0.39, 0.29) is 11.8 Å². The molecule has 1 aliphatic rings. The van der Waals surface area contributed by atoms with Crippen molar-refractivity contribution < 1.29 is 9.90 Å². The van der Waals surface area contributed by atoms with Crippen molar-refractivity contribution in [2.75, 3.05) is 0 Å². The smallest absolute Gasteiger partial charge is 0.307 e. The molecule has 0 radical (unpaired) electrons. The van der Waals surface area contributed by atoms with Crippen LogP contribution in [0, 0.1) is 5.92 Å². The summed E-state index contributed by atoms with van der Waals surface area (Å²) in [6.07, 6.45) is 2.58. The fourth-order valence-corrected chi connectivity index (χ4v) is 2.81. The van der Waals surface area contributed by atoms with Gasteiger partial charge in [0.15, 0.2) is 0 Å². The predicted octanol–water partition coefficient (Wildman–Crippen LogP) is 2.33. The summed E-state index contributed by atoms with van der Waals surface area (Å²) in [7, 11) is 0. The Labute approximate surface area is 96.0 Å². The summed E-state index contributed by atoms with van der Waals surface area (Å²) in [6.45, 7) is 0. The molecule has 5 heteroatoms. The van der Waals surface area contributed by atoms with Crippen LogP contribution in [-0.4, -0.2) is 21.0 Å². The van der Waals surface area contributed by atoms with Crippen molar-refractivity contribution in [2.45, 2.75) is 12.3 Å². The topological polar surface area (TPSA) is 66.0 Å². The Kier molecular flexibility index (Phi) is 2.07. The Balaban J connectivity index is 1.82. The van der Waals surface area contributed by atoms with Gasteiger partial charge in [0, 0.05) is 17.5 Å². The van der Waals surface area contributed by atoms with Gasteiger partial charge in [0.25, 0.3) is 0 Å². The van der Waals surface area contributed by atoms with E-state index in [1.807, 2.05) is 23.7 Å². The average Bonchev–Trinajstić information content (AvgIpc) is 2.72. The van der Waals surface area contributed by atoms with E-state index in [1.165, 1.54) is 0 Å². The van der Waals surface area contributed by atoms with E-state index < -0.39 is 5.97 Å². The summed E-state index contributed by atoms with van der Waals surface area (Å²) >= 11 is 1.55. The first-order chi connectivity index (χ1) is 7.75. The highest BCUT2D eigenvalue weighted by Gasteiger charge is 2.46. The van der Waals surface area contributed by atoms with Crippen molar-refractivity contribution in [3.63, 3.8) is 0 Å². The number of hydrogen-bond donors (Lipinski definition) is 2. The number of carbonyl (C=O) groups is 1. The molecule has 1 saturated carbocycles. The van der Waals surface area contributed by atoms with Crippen LogP contribution in [0.4, 0.5) is 0 Å². The SMILES string of the molecule is O=C(O)C1CC1c1nc(-c2ccc[nH]2)cs1. The van der Waals surface area contributed by atoms with Gasteiger partial charge >= 0.3 is 5.97 Å². The van der Waals surface area contributed by atoms with E-state index in [0.717, 1.165) is 22.8 Å². The lowest BCUT2D eigenvalue weighted by molar-refractivity contribution is -0.138. The highest BCUT2D eigenvalue weighted by atomic mass is 32.1. The summed E-state index contributed by atoms with van der Waals surface area (Å²) in [6, 6.07) is 3.88. The number of aromatic amines is 1. The molecule has 2 atom stereocenters. The summed E-state index contributed by atoms with van der Waals surface area (Å²) in [5, 5.41) is 11.8. The maximum absolute atomic E-state index is 10.8. The Bertz CT molecular complexity index is 518. The molecule has 1 fully saturated rings. The van der Waals surface area contributed by atoms with Crippen LogP contribution in [0.2, 0.25) is 0 Å². The normalized spacial score (nSPS) is 23.2. The lowest BCUT2D eigenvalue weighted by atomic mass is 10.3. The number of nitrogens with one attached hydrogen (secondary N) is 1. The molecule has 0 bridgehead atoms. The van der Waals surface area contributed by atoms with E-state index in [4.69, 9.17) is 5.11 Å². The molecule has 0 amide bonds. The van der Waals surface area contributed by atoms with Crippen molar-refractivity contribution in [1.82, 2.24) is 9.97 Å². The zero-order chi connectivity index (χ0) is 11.1. The highest BCUT2D eigenvalue weighted by molar-refractivity contribution is 7.10. The van der Waals surface area contributed by atoms with Crippen LogP contribution < -0.4 is 0 Å². The first-order valence-corrected chi connectivity index (χ1v) is 5.95. The third kappa shape index (κ3) is 1.53. The number of aliphatic carboxylic acids is 1. The van der Waals surface area contributed by atoms with Crippen molar-refractivity contribution in [3.05, 3.63) is 28.7 Å². The molecular weight excluding hydrogens is 224 g/mol. The van der Waals surface area contributed by atoms with Crippen LogP contribution in [0.5, 0.6) is 0 Å². The number of thiazole rings is 1. The molecular formula is C11H10N2O2S.